The van der Waals surface area contributed by atoms with Crippen molar-refractivity contribution in [3.63, 3.8) is 0 Å². The standard InChI is InChI=1S/C17H20N2O2/c1-11(18-10-13-7-9-16(20)19-13)14-8-6-12-4-2-3-5-15(12)17(14)21/h2-6,8,11,13,18,21H,7,9-10H2,1H3,(H,19,20). The molecular weight excluding hydrogens is 264 g/mol. The number of amides is 1. The van der Waals surface area contributed by atoms with Crippen LogP contribution in [0, 0.1) is 0 Å². The number of hydrogen-bond donors (Lipinski definition) is 3. The van der Waals surface area contributed by atoms with Crippen molar-refractivity contribution in [2.75, 3.05) is 6.54 Å². The van der Waals surface area contributed by atoms with E-state index < -0.39 is 0 Å². The molecule has 0 aromatic heterocycles. The van der Waals surface area contributed by atoms with E-state index in [1.165, 1.54) is 0 Å². The average Bonchev–Trinajstić information content (AvgIpc) is 2.91. The number of nitrogens with one attached hydrogen (secondary N) is 2. The molecule has 3 rings (SSSR count). The maximum atomic E-state index is 11.2. The summed E-state index contributed by atoms with van der Waals surface area (Å²) in [6.45, 7) is 2.75. The van der Waals surface area contributed by atoms with Gasteiger partial charge < -0.3 is 15.7 Å². The van der Waals surface area contributed by atoms with E-state index >= 15 is 0 Å². The zero-order valence-electron chi connectivity index (χ0n) is 12.1. The first-order valence-electron chi connectivity index (χ1n) is 7.38. The van der Waals surface area contributed by atoms with Crippen LogP contribution in [0.25, 0.3) is 10.8 Å². The molecule has 2 atom stereocenters. The highest BCUT2D eigenvalue weighted by molar-refractivity contribution is 5.89. The fourth-order valence-electron chi connectivity index (χ4n) is 2.88. The van der Waals surface area contributed by atoms with Gasteiger partial charge in [-0.1, -0.05) is 36.4 Å². The van der Waals surface area contributed by atoms with Crippen LogP contribution in [0.2, 0.25) is 0 Å². The Labute approximate surface area is 124 Å². The fourth-order valence-corrected chi connectivity index (χ4v) is 2.88. The molecule has 110 valence electrons. The Morgan fingerprint density at radius 3 is 2.90 bits per heavy atom. The van der Waals surface area contributed by atoms with Crippen molar-refractivity contribution in [2.45, 2.75) is 31.8 Å². The van der Waals surface area contributed by atoms with Crippen LogP contribution in [0.4, 0.5) is 0 Å². The van der Waals surface area contributed by atoms with Gasteiger partial charge in [-0.15, -0.1) is 0 Å². The minimum absolute atomic E-state index is 0.0344. The zero-order valence-corrected chi connectivity index (χ0v) is 12.1. The topological polar surface area (TPSA) is 61.4 Å². The summed E-state index contributed by atoms with van der Waals surface area (Å²) in [5.74, 6) is 0.464. The summed E-state index contributed by atoms with van der Waals surface area (Å²) in [5.41, 5.74) is 0.887. The minimum atomic E-state index is 0.0344. The van der Waals surface area contributed by atoms with Crippen LogP contribution in [-0.4, -0.2) is 23.6 Å². The zero-order chi connectivity index (χ0) is 14.8. The number of carbonyl (C=O) groups excluding carboxylic acids is 1. The molecule has 1 aliphatic rings. The van der Waals surface area contributed by atoms with Crippen LogP contribution in [0.5, 0.6) is 5.75 Å². The Bertz CT molecular complexity index is 669. The summed E-state index contributed by atoms with van der Waals surface area (Å²) >= 11 is 0. The summed E-state index contributed by atoms with van der Waals surface area (Å²) in [6.07, 6.45) is 1.49. The lowest BCUT2D eigenvalue weighted by molar-refractivity contribution is -0.119. The maximum absolute atomic E-state index is 11.2. The number of aromatic hydroxyl groups is 1. The van der Waals surface area contributed by atoms with E-state index in [0.29, 0.717) is 12.2 Å². The largest absolute Gasteiger partial charge is 0.507 e. The molecule has 2 unspecified atom stereocenters. The lowest BCUT2D eigenvalue weighted by Gasteiger charge is -2.19. The van der Waals surface area contributed by atoms with Crippen molar-refractivity contribution in [1.82, 2.24) is 10.6 Å². The molecule has 4 heteroatoms. The van der Waals surface area contributed by atoms with Crippen LogP contribution in [-0.2, 0) is 4.79 Å². The van der Waals surface area contributed by atoms with Gasteiger partial charge in [-0.25, -0.2) is 0 Å². The molecule has 0 bridgehead atoms. The van der Waals surface area contributed by atoms with E-state index in [2.05, 4.69) is 10.6 Å². The molecule has 0 spiro atoms. The predicted octanol–water partition coefficient (Wildman–Crippen LogP) is 2.47. The first-order chi connectivity index (χ1) is 10.1. The molecule has 4 nitrogen and oxygen atoms in total. The third kappa shape index (κ3) is 2.85. The summed E-state index contributed by atoms with van der Waals surface area (Å²) in [6, 6.07) is 12.0. The van der Waals surface area contributed by atoms with Crippen LogP contribution >= 0.6 is 0 Å². The first kappa shape index (κ1) is 13.9. The Balaban J connectivity index is 1.73. The van der Waals surface area contributed by atoms with Crippen LogP contribution < -0.4 is 10.6 Å². The molecule has 2 aromatic carbocycles. The molecule has 21 heavy (non-hydrogen) atoms. The van der Waals surface area contributed by atoms with Crippen LogP contribution in [0.15, 0.2) is 36.4 Å². The molecule has 3 N–H and O–H groups in total. The molecule has 2 aromatic rings. The van der Waals surface area contributed by atoms with E-state index in [1.54, 1.807) is 0 Å². The average molecular weight is 284 g/mol. The Morgan fingerprint density at radius 2 is 2.14 bits per heavy atom. The Hall–Kier alpha value is -2.07. The summed E-state index contributed by atoms with van der Waals surface area (Å²) in [4.78, 5) is 11.2. The Morgan fingerprint density at radius 1 is 1.33 bits per heavy atom. The van der Waals surface area contributed by atoms with Gasteiger partial charge >= 0.3 is 0 Å². The fraction of sp³-hybridized carbons (Fsp3) is 0.353. The summed E-state index contributed by atoms with van der Waals surface area (Å²) in [5, 5.41) is 18.7. The molecule has 1 fully saturated rings. The van der Waals surface area contributed by atoms with Crippen LogP contribution in [0.3, 0.4) is 0 Å². The number of phenols is 1. The SMILES string of the molecule is CC(NCC1CCC(=O)N1)c1ccc2ccccc2c1O. The quantitative estimate of drug-likeness (QED) is 0.808. The highest BCUT2D eigenvalue weighted by Gasteiger charge is 2.21. The van der Waals surface area contributed by atoms with Gasteiger partial charge in [0.15, 0.2) is 0 Å². The van der Waals surface area contributed by atoms with E-state index in [-0.39, 0.29) is 18.0 Å². The second-order valence-electron chi connectivity index (χ2n) is 5.66. The highest BCUT2D eigenvalue weighted by Crippen LogP contribution is 2.32. The molecule has 1 heterocycles. The van der Waals surface area contributed by atoms with E-state index in [9.17, 15) is 9.90 Å². The van der Waals surface area contributed by atoms with Crippen molar-refractivity contribution in [1.29, 1.82) is 0 Å². The number of carbonyl (C=O) groups is 1. The molecule has 1 saturated heterocycles. The molecular formula is C17H20N2O2. The van der Waals surface area contributed by atoms with Gasteiger partial charge in [-0.2, -0.15) is 0 Å². The molecule has 0 radical (unpaired) electrons. The molecule has 1 aliphatic heterocycles. The van der Waals surface area contributed by atoms with Crippen LogP contribution in [0.1, 0.15) is 31.4 Å². The van der Waals surface area contributed by atoms with Gasteiger partial charge in [0, 0.05) is 36.0 Å². The number of hydrogen-bond acceptors (Lipinski definition) is 3. The lowest BCUT2D eigenvalue weighted by Crippen LogP contribution is -2.36. The normalized spacial score (nSPS) is 19.7. The highest BCUT2D eigenvalue weighted by atomic mass is 16.3. The van der Waals surface area contributed by atoms with Gasteiger partial charge in [0.25, 0.3) is 0 Å². The van der Waals surface area contributed by atoms with E-state index in [4.69, 9.17) is 0 Å². The number of rotatable bonds is 4. The third-order valence-electron chi connectivity index (χ3n) is 4.15. The van der Waals surface area contributed by atoms with Gasteiger partial charge in [-0.05, 0) is 18.7 Å². The lowest BCUT2D eigenvalue weighted by atomic mass is 10.0. The second-order valence-corrected chi connectivity index (χ2v) is 5.66. The number of phenolic OH excluding ortho intramolecular Hbond substituents is 1. The first-order valence-corrected chi connectivity index (χ1v) is 7.38. The molecule has 1 amide bonds. The molecule has 0 aliphatic carbocycles. The third-order valence-corrected chi connectivity index (χ3v) is 4.15. The molecule has 0 saturated carbocycles. The van der Waals surface area contributed by atoms with Gasteiger partial charge in [-0.3, -0.25) is 4.79 Å². The minimum Gasteiger partial charge on any atom is -0.507 e. The monoisotopic (exact) mass is 284 g/mol. The van der Waals surface area contributed by atoms with Crippen molar-refractivity contribution >= 4 is 16.7 Å². The smallest absolute Gasteiger partial charge is 0.220 e. The van der Waals surface area contributed by atoms with Gasteiger partial charge in [0.1, 0.15) is 5.75 Å². The van der Waals surface area contributed by atoms with Crippen molar-refractivity contribution < 1.29 is 9.90 Å². The van der Waals surface area contributed by atoms with E-state index in [1.807, 2.05) is 43.3 Å². The summed E-state index contributed by atoms with van der Waals surface area (Å²) < 4.78 is 0. The Kier molecular flexibility index (Phi) is 3.80. The van der Waals surface area contributed by atoms with E-state index in [0.717, 1.165) is 29.3 Å². The van der Waals surface area contributed by atoms with Gasteiger partial charge in [0.2, 0.25) is 5.91 Å². The summed E-state index contributed by atoms with van der Waals surface area (Å²) in [7, 11) is 0. The second kappa shape index (κ2) is 5.74. The van der Waals surface area contributed by atoms with Crippen molar-refractivity contribution in [2.24, 2.45) is 0 Å². The number of fused-ring (bicyclic) bond motifs is 1. The van der Waals surface area contributed by atoms with Crippen molar-refractivity contribution in [3.8, 4) is 5.75 Å². The number of benzene rings is 2. The maximum Gasteiger partial charge on any atom is 0.220 e. The predicted molar refractivity (Wildman–Crippen MR) is 83.2 cm³/mol. The van der Waals surface area contributed by atoms with Gasteiger partial charge in [0.05, 0.1) is 0 Å². The van der Waals surface area contributed by atoms with Crippen molar-refractivity contribution in [3.05, 3.63) is 42.0 Å².